The first-order chi connectivity index (χ1) is 9.36. The average Bonchev–Trinajstić information content (AvgIpc) is 2.88. The Kier molecular flexibility index (Phi) is 4.03. The molecule has 0 spiro atoms. The lowest BCUT2D eigenvalue weighted by molar-refractivity contribution is -0.141. The number of hydrogen-bond acceptors (Lipinski definition) is 4. The maximum absolute atomic E-state index is 12.6. The normalized spacial score (nSPS) is 18.3. The summed E-state index contributed by atoms with van der Waals surface area (Å²) < 4.78 is 37.8. The highest BCUT2D eigenvalue weighted by molar-refractivity contribution is 5.84. The number of rotatable bonds is 3. The Morgan fingerprint density at radius 3 is 2.85 bits per heavy atom. The Bertz CT molecular complexity index is 542. The highest BCUT2D eigenvalue weighted by Gasteiger charge is 2.33. The molecule has 1 aliphatic rings. The highest BCUT2D eigenvalue weighted by atomic mass is 19.4. The van der Waals surface area contributed by atoms with Crippen LogP contribution >= 0.6 is 0 Å². The molecule has 1 amide bonds. The fourth-order valence-corrected chi connectivity index (χ4v) is 1.78. The van der Waals surface area contributed by atoms with Crippen LogP contribution in [0.2, 0.25) is 0 Å². The summed E-state index contributed by atoms with van der Waals surface area (Å²) in [5.74, 6) is -0.384. The minimum absolute atomic E-state index is 0.0624. The van der Waals surface area contributed by atoms with Crippen LogP contribution < -0.4 is 10.6 Å². The van der Waals surface area contributed by atoms with Crippen molar-refractivity contribution in [3.05, 3.63) is 35.4 Å². The molecule has 0 unspecified atom stereocenters. The molecule has 0 bridgehead atoms. The second-order valence-electron chi connectivity index (χ2n) is 4.34. The molecule has 0 aliphatic carbocycles. The number of carbonyl (C=O) groups is 1. The Labute approximate surface area is 113 Å². The lowest BCUT2D eigenvalue weighted by Crippen LogP contribution is -2.40. The molecular weight excluding hydrogens is 273 g/mol. The summed E-state index contributed by atoms with van der Waals surface area (Å²) in [5, 5.41) is 5.40. The van der Waals surface area contributed by atoms with Crippen LogP contribution in [-0.4, -0.2) is 28.5 Å². The van der Waals surface area contributed by atoms with E-state index in [1.807, 2.05) is 0 Å². The quantitative estimate of drug-likeness (QED) is 0.812. The number of hydrogen-bond donors (Lipinski definition) is 2. The molecule has 1 atom stereocenters. The van der Waals surface area contributed by atoms with Crippen molar-refractivity contribution in [2.24, 2.45) is 0 Å². The highest BCUT2D eigenvalue weighted by Crippen LogP contribution is 2.27. The van der Waals surface area contributed by atoms with Crippen molar-refractivity contribution in [3.8, 4) is 0 Å². The number of halogens is 3. The first-order valence-corrected chi connectivity index (χ1v) is 5.96. The van der Waals surface area contributed by atoms with Gasteiger partial charge in [-0.1, -0.05) is 12.2 Å². The van der Waals surface area contributed by atoms with Gasteiger partial charge in [0, 0.05) is 12.2 Å². The third kappa shape index (κ3) is 3.53. The number of nitrogens with zero attached hydrogens (tertiary/aromatic N) is 2. The van der Waals surface area contributed by atoms with Crippen LogP contribution in [0, 0.1) is 6.92 Å². The molecule has 2 heterocycles. The van der Waals surface area contributed by atoms with Gasteiger partial charge in [-0.3, -0.25) is 10.1 Å². The van der Waals surface area contributed by atoms with Crippen LogP contribution in [0.25, 0.3) is 0 Å². The van der Waals surface area contributed by atoms with Crippen LogP contribution in [0.3, 0.4) is 0 Å². The molecule has 1 aromatic rings. The lowest BCUT2D eigenvalue weighted by Gasteiger charge is -2.11. The molecule has 0 aromatic carbocycles. The predicted molar refractivity (Wildman–Crippen MR) is 64.5 cm³/mol. The van der Waals surface area contributed by atoms with E-state index in [4.69, 9.17) is 0 Å². The number of carbonyl (C=O) groups excluding carboxylic acids is 1. The summed E-state index contributed by atoms with van der Waals surface area (Å²) in [6.45, 7) is 1.90. The van der Waals surface area contributed by atoms with Crippen molar-refractivity contribution >= 4 is 5.91 Å². The summed E-state index contributed by atoms with van der Waals surface area (Å²) in [5.41, 5.74) is -0.802. The number of aromatic nitrogens is 2. The second-order valence-corrected chi connectivity index (χ2v) is 4.34. The maximum Gasteiger partial charge on any atom is 0.433 e. The summed E-state index contributed by atoms with van der Waals surface area (Å²) in [4.78, 5) is 19.0. The van der Waals surface area contributed by atoms with E-state index in [-0.39, 0.29) is 24.0 Å². The molecule has 0 fully saturated rings. The molecule has 108 valence electrons. The zero-order valence-electron chi connectivity index (χ0n) is 10.7. The van der Waals surface area contributed by atoms with Gasteiger partial charge in [-0.15, -0.1) is 0 Å². The van der Waals surface area contributed by atoms with Crippen molar-refractivity contribution in [3.63, 3.8) is 0 Å². The van der Waals surface area contributed by atoms with Crippen LogP contribution in [0.1, 0.15) is 17.2 Å². The third-order valence-electron chi connectivity index (χ3n) is 2.68. The Balaban J connectivity index is 2.04. The topological polar surface area (TPSA) is 66.9 Å². The first-order valence-electron chi connectivity index (χ1n) is 5.96. The summed E-state index contributed by atoms with van der Waals surface area (Å²) in [6.07, 6.45) is -1.04. The smallest absolute Gasteiger partial charge is 0.347 e. The average molecular weight is 286 g/mol. The first kappa shape index (κ1) is 14.4. The Hall–Kier alpha value is -1.96. The van der Waals surface area contributed by atoms with E-state index in [0.29, 0.717) is 6.54 Å². The van der Waals surface area contributed by atoms with E-state index in [1.54, 1.807) is 12.2 Å². The van der Waals surface area contributed by atoms with Crippen molar-refractivity contribution in [1.82, 2.24) is 20.6 Å². The largest absolute Gasteiger partial charge is 0.433 e. The van der Waals surface area contributed by atoms with Gasteiger partial charge in [-0.05, 0) is 13.0 Å². The SMILES string of the molecule is Cc1cc(C(F)(F)F)nc(CNC(=O)[C@@H]2C=CCN2)n1. The maximum atomic E-state index is 12.6. The Morgan fingerprint density at radius 1 is 1.50 bits per heavy atom. The van der Waals surface area contributed by atoms with E-state index in [1.165, 1.54) is 6.92 Å². The fraction of sp³-hybridized carbons (Fsp3) is 0.417. The van der Waals surface area contributed by atoms with Gasteiger partial charge in [0.05, 0.1) is 6.54 Å². The molecular formula is C12H13F3N4O. The lowest BCUT2D eigenvalue weighted by atomic mass is 10.3. The van der Waals surface area contributed by atoms with E-state index in [9.17, 15) is 18.0 Å². The van der Waals surface area contributed by atoms with Gasteiger partial charge in [0.2, 0.25) is 5.91 Å². The van der Waals surface area contributed by atoms with Crippen LogP contribution in [0.4, 0.5) is 13.2 Å². The van der Waals surface area contributed by atoms with Gasteiger partial charge in [0.25, 0.3) is 0 Å². The molecule has 1 aliphatic heterocycles. The summed E-state index contributed by atoms with van der Waals surface area (Å²) >= 11 is 0. The van der Waals surface area contributed by atoms with Crippen molar-refractivity contribution < 1.29 is 18.0 Å². The van der Waals surface area contributed by atoms with Gasteiger partial charge in [0.15, 0.2) is 0 Å². The van der Waals surface area contributed by atoms with Crippen LogP contribution in [-0.2, 0) is 17.5 Å². The predicted octanol–water partition coefficient (Wildman–Crippen LogP) is 0.948. The third-order valence-corrected chi connectivity index (χ3v) is 2.68. The van der Waals surface area contributed by atoms with E-state index >= 15 is 0 Å². The number of amides is 1. The van der Waals surface area contributed by atoms with Gasteiger partial charge in [-0.25, -0.2) is 9.97 Å². The molecule has 2 N–H and O–H groups in total. The summed E-state index contributed by atoms with van der Waals surface area (Å²) in [7, 11) is 0. The van der Waals surface area contributed by atoms with Crippen molar-refractivity contribution in [2.75, 3.05) is 6.54 Å². The molecule has 1 aromatic heterocycles. The number of aryl methyl sites for hydroxylation is 1. The van der Waals surface area contributed by atoms with E-state index in [0.717, 1.165) is 6.07 Å². The van der Waals surface area contributed by atoms with Crippen LogP contribution in [0.15, 0.2) is 18.2 Å². The zero-order valence-corrected chi connectivity index (χ0v) is 10.7. The number of nitrogens with one attached hydrogen (secondary N) is 2. The summed E-state index contributed by atoms with van der Waals surface area (Å²) in [6, 6.07) is 0.411. The van der Waals surface area contributed by atoms with Crippen molar-refractivity contribution in [1.29, 1.82) is 0 Å². The molecule has 0 saturated heterocycles. The molecule has 2 rings (SSSR count). The van der Waals surface area contributed by atoms with Crippen molar-refractivity contribution in [2.45, 2.75) is 25.7 Å². The van der Waals surface area contributed by atoms with Gasteiger partial charge < -0.3 is 5.32 Å². The number of alkyl halides is 3. The minimum Gasteiger partial charge on any atom is -0.347 e. The van der Waals surface area contributed by atoms with E-state index < -0.39 is 17.9 Å². The van der Waals surface area contributed by atoms with Crippen LogP contribution in [0.5, 0.6) is 0 Å². The molecule has 5 nitrogen and oxygen atoms in total. The second kappa shape index (κ2) is 5.58. The van der Waals surface area contributed by atoms with Gasteiger partial charge >= 0.3 is 6.18 Å². The molecule has 0 saturated carbocycles. The van der Waals surface area contributed by atoms with E-state index in [2.05, 4.69) is 20.6 Å². The zero-order chi connectivity index (χ0) is 14.8. The minimum atomic E-state index is -4.53. The standard InChI is InChI=1S/C12H13F3N4O/c1-7-5-9(12(13,14)15)19-10(18-7)6-17-11(20)8-3-2-4-16-8/h2-3,5,8,16H,4,6H2,1H3,(H,17,20)/t8-/m0/s1. The van der Waals surface area contributed by atoms with Gasteiger partial charge in [-0.2, -0.15) is 13.2 Å². The Morgan fingerprint density at radius 2 is 2.25 bits per heavy atom. The monoisotopic (exact) mass is 286 g/mol. The molecule has 20 heavy (non-hydrogen) atoms. The molecule has 0 radical (unpaired) electrons. The fourth-order valence-electron chi connectivity index (χ4n) is 1.78. The van der Waals surface area contributed by atoms with Gasteiger partial charge in [0.1, 0.15) is 17.6 Å². The molecule has 8 heteroatoms.